The molecule has 48 heavy (non-hydrogen) atoms. The maximum Gasteiger partial charge on any atom is 0.161 e. The number of aliphatic hydroxyl groups is 3. The zero-order chi connectivity index (χ0) is 33.9. The number of benzene rings is 4. The Morgan fingerprint density at radius 1 is 0.833 bits per heavy atom. The van der Waals surface area contributed by atoms with Crippen LogP contribution in [-0.4, -0.2) is 39.4 Å². The molecule has 0 aromatic heterocycles. The molecule has 7 heteroatoms. The molecular weight excluding hydrogens is 604 g/mol. The highest BCUT2D eigenvalue weighted by Gasteiger charge is 2.25. The monoisotopic (exact) mass is 650 g/mol. The van der Waals surface area contributed by atoms with Crippen LogP contribution >= 0.6 is 0 Å². The van der Waals surface area contributed by atoms with E-state index in [0.29, 0.717) is 29.9 Å². The smallest absolute Gasteiger partial charge is 0.161 e. The van der Waals surface area contributed by atoms with E-state index in [2.05, 4.69) is 24.3 Å². The fourth-order valence-electron chi connectivity index (χ4n) is 6.52. The van der Waals surface area contributed by atoms with Gasteiger partial charge in [-0.15, -0.1) is 0 Å². The first-order chi connectivity index (χ1) is 23.3. The third kappa shape index (κ3) is 9.72. The van der Waals surface area contributed by atoms with Gasteiger partial charge in [-0.1, -0.05) is 55.0 Å². The number of aromatic hydroxyl groups is 1. The second-order valence-corrected chi connectivity index (χ2v) is 12.7. The molecule has 4 aromatic rings. The highest BCUT2D eigenvalue weighted by molar-refractivity contribution is 5.85. The SMILES string of the molecule is COc1ccc(CCC(=O)C[C@@H](O)C[C@H]2C=C(O)C=C[C@H]2CCCCc2ccccc2)cc1OCc1cc2ccc(O)cc2cc1CO. The molecule has 0 heterocycles. The summed E-state index contributed by atoms with van der Waals surface area (Å²) in [6.45, 7) is 0.0335. The van der Waals surface area contributed by atoms with Gasteiger partial charge in [0, 0.05) is 12.8 Å². The van der Waals surface area contributed by atoms with Crippen molar-refractivity contribution in [2.45, 2.75) is 70.7 Å². The number of methoxy groups -OCH3 is 1. The number of fused-ring (bicyclic) bond motifs is 1. The van der Waals surface area contributed by atoms with Crippen molar-refractivity contribution in [3.8, 4) is 17.2 Å². The summed E-state index contributed by atoms with van der Waals surface area (Å²) in [4.78, 5) is 12.9. The van der Waals surface area contributed by atoms with Gasteiger partial charge in [-0.3, -0.25) is 4.79 Å². The second-order valence-electron chi connectivity index (χ2n) is 12.7. The number of allylic oxidation sites excluding steroid dienone is 3. The van der Waals surface area contributed by atoms with Crippen LogP contribution in [-0.2, 0) is 30.8 Å². The Bertz CT molecular complexity index is 1730. The molecule has 0 saturated carbocycles. The Hall–Kier alpha value is -4.59. The van der Waals surface area contributed by atoms with Gasteiger partial charge in [0.2, 0.25) is 0 Å². The molecule has 3 atom stereocenters. The van der Waals surface area contributed by atoms with Gasteiger partial charge >= 0.3 is 0 Å². The average Bonchev–Trinajstić information content (AvgIpc) is 3.09. The number of aliphatic hydroxyl groups excluding tert-OH is 3. The van der Waals surface area contributed by atoms with Gasteiger partial charge in [0.1, 0.15) is 23.9 Å². The summed E-state index contributed by atoms with van der Waals surface area (Å²) in [5.74, 6) is 1.65. The number of phenols is 1. The second kappa shape index (κ2) is 17.0. The van der Waals surface area contributed by atoms with Gasteiger partial charge in [0.15, 0.2) is 11.5 Å². The molecule has 5 rings (SSSR count). The number of carbonyl (C=O) groups excluding carboxylic acids is 1. The zero-order valence-corrected chi connectivity index (χ0v) is 27.6. The fourth-order valence-corrected chi connectivity index (χ4v) is 6.52. The topological polar surface area (TPSA) is 116 Å². The first-order valence-corrected chi connectivity index (χ1v) is 16.8. The van der Waals surface area contributed by atoms with E-state index in [-0.39, 0.29) is 55.2 Å². The van der Waals surface area contributed by atoms with Crippen molar-refractivity contribution in [3.63, 3.8) is 0 Å². The van der Waals surface area contributed by atoms with Crippen molar-refractivity contribution in [1.29, 1.82) is 0 Å². The number of unbranched alkanes of at least 4 members (excludes halogenated alkanes) is 1. The minimum absolute atomic E-state index is 0.0167. The number of Topliss-reactive ketones (excluding diaryl/α,β-unsaturated/α-hetero) is 1. The average molecular weight is 651 g/mol. The third-order valence-electron chi connectivity index (χ3n) is 9.17. The van der Waals surface area contributed by atoms with E-state index in [1.807, 2.05) is 54.6 Å². The first kappa shape index (κ1) is 34.7. The lowest BCUT2D eigenvalue weighted by atomic mass is 9.80. The van der Waals surface area contributed by atoms with Crippen molar-refractivity contribution < 1.29 is 34.7 Å². The fraction of sp³-hybridized carbons (Fsp3) is 0.341. The molecular formula is C41H46O7. The summed E-state index contributed by atoms with van der Waals surface area (Å²) in [6.07, 6.45) is 10.2. The molecule has 0 bridgehead atoms. The van der Waals surface area contributed by atoms with E-state index in [1.165, 1.54) is 5.56 Å². The number of aryl methyl sites for hydroxylation is 2. The Labute approximate surface area is 282 Å². The van der Waals surface area contributed by atoms with Crippen LogP contribution in [0, 0.1) is 11.8 Å². The molecule has 0 radical (unpaired) electrons. The highest BCUT2D eigenvalue weighted by atomic mass is 16.5. The van der Waals surface area contributed by atoms with E-state index in [9.17, 15) is 25.2 Å². The lowest BCUT2D eigenvalue weighted by Crippen LogP contribution is -2.23. The molecule has 0 aliphatic heterocycles. The Morgan fingerprint density at radius 2 is 1.65 bits per heavy atom. The number of rotatable bonds is 17. The van der Waals surface area contributed by atoms with Crippen LogP contribution < -0.4 is 9.47 Å². The summed E-state index contributed by atoms with van der Waals surface area (Å²) < 4.78 is 11.7. The summed E-state index contributed by atoms with van der Waals surface area (Å²) in [5.41, 5.74) is 3.76. The van der Waals surface area contributed by atoms with Crippen molar-refractivity contribution >= 4 is 16.6 Å². The van der Waals surface area contributed by atoms with Crippen LogP contribution in [0.4, 0.5) is 0 Å². The molecule has 0 spiro atoms. The number of hydrogen-bond donors (Lipinski definition) is 4. The highest BCUT2D eigenvalue weighted by Crippen LogP contribution is 2.33. The molecule has 0 unspecified atom stereocenters. The van der Waals surface area contributed by atoms with Gasteiger partial charge in [-0.25, -0.2) is 0 Å². The van der Waals surface area contributed by atoms with E-state index < -0.39 is 6.10 Å². The molecule has 0 saturated heterocycles. The van der Waals surface area contributed by atoms with E-state index in [0.717, 1.165) is 47.6 Å². The molecule has 7 nitrogen and oxygen atoms in total. The van der Waals surface area contributed by atoms with Crippen LogP contribution in [0.1, 0.15) is 60.8 Å². The molecule has 0 amide bonds. The molecule has 0 fully saturated rings. The molecule has 1 aliphatic carbocycles. The molecule has 252 valence electrons. The Kier molecular flexibility index (Phi) is 12.3. The van der Waals surface area contributed by atoms with E-state index in [1.54, 1.807) is 25.3 Å². The summed E-state index contributed by atoms with van der Waals surface area (Å²) in [6, 6.07) is 24.9. The normalized spacial score (nSPS) is 16.4. The van der Waals surface area contributed by atoms with Gasteiger partial charge in [0.25, 0.3) is 0 Å². The van der Waals surface area contributed by atoms with Crippen molar-refractivity contribution in [2.24, 2.45) is 11.8 Å². The quantitative estimate of drug-likeness (QED) is 0.0858. The minimum Gasteiger partial charge on any atom is -0.508 e. The summed E-state index contributed by atoms with van der Waals surface area (Å²) >= 11 is 0. The Balaban J connectivity index is 1.12. The Morgan fingerprint density at radius 3 is 2.44 bits per heavy atom. The predicted molar refractivity (Wildman–Crippen MR) is 188 cm³/mol. The van der Waals surface area contributed by atoms with Gasteiger partial charge in [-0.2, -0.15) is 0 Å². The number of ketones is 1. The van der Waals surface area contributed by atoms with E-state index >= 15 is 0 Å². The van der Waals surface area contributed by atoms with Crippen LogP contribution in [0.25, 0.3) is 10.8 Å². The van der Waals surface area contributed by atoms with Crippen LogP contribution in [0.5, 0.6) is 17.2 Å². The zero-order valence-electron chi connectivity index (χ0n) is 27.6. The van der Waals surface area contributed by atoms with Crippen LogP contribution in [0.3, 0.4) is 0 Å². The van der Waals surface area contributed by atoms with Crippen molar-refractivity contribution in [3.05, 3.63) is 125 Å². The summed E-state index contributed by atoms with van der Waals surface area (Å²) in [5, 5.41) is 42.6. The first-order valence-electron chi connectivity index (χ1n) is 16.8. The van der Waals surface area contributed by atoms with Crippen LogP contribution in [0.2, 0.25) is 0 Å². The minimum atomic E-state index is -0.786. The van der Waals surface area contributed by atoms with Crippen molar-refractivity contribution in [1.82, 2.24) is 0 Å². The molecule has 1 aliphatic rings. The number of phenolic OH excluding ortho intramolecular Hbond substituents is 1. The molecule has 4 aromatic carbocycles. The van der Waals surface area contributed by atoms with E-state index in [4.69, 9.17) is 9.47 Å². The number of carbonyl (C=O) groups is 1. The largest absolute Gasteiger partial charge is 0.508 e. The van der Waals surface area contributed by atoms with Gasteiger partial charge in [0.05, 0.1) is 19.8 Å². The lowest BCUT2D eigenvalue weighted by Gasteiger charge is -2.27. The van der Waals surface area contributed by atoms with Gasteiger partial charge in [-0.05, 0) is 126 Å². The molecule has 4 N–H and O–H groups in total. The predicted octanol–water partition coefficient (Wildman–Crippen LogP) is 7.93. The van der Waals surface area contributed by atoms with Crippen LogP contribution in [0.15, 0.2) is 103 Å². The number of hydrogen-bond acceptors (Lipinski definition) is 7. The maximum absolute atomic E-state index is 12.9. The van der Waals surface area contributed by atoms with Crippen molar-refractivity contribution in [2.75, 3.05) is 7.11 Å². The standard InChI is InChI=1S/C41H46O7/c1-47-40-18-12-29(19-41(40)48-27-35-20-31-14-17-37(44)22-32(31)21-34(35)26-42)11-15-38(45)25-39(46)24-33-23-36(43)16-13-30(33)10-6-5-9-28-7-3-2-4-8-28/h2-4,7-8,12-14,16-23,30,33,39,42-44,46H,5-6,9-11,15,24-27H2,1H3/t30-,33-,39+/m1/s1. The lowest BCUT2D eigenvalue weighted by molar-refractivity contribution is -0.121. The third-order valence-corrected chi connectivity index (χ3v) is 9.17. The number of ether oxygens (including phenoxy) is 2. The maximum atomic E-state index is 12.9. The van der Waals surface area contributed by atoms with Gasteiger partial charge < -0.3 is 29.9 Å². The summed E-state index contributed by atoms with van der Waals surface area (Å²) in [7, 11) is 1.57.